The molecule has 2 aromatic carbocycles. The summed E-state index contributed by atoms with van der Waals surface area (Å²) in [5.74, 6) is -0.680. The number of carboxylic acid groups (broad SMARTS) is 1. The molecule has 0 fully saturated rings. The van der Waals surface area contributed by atoms with Gasteiger partial charge in [-0.3, -0.25) is 14.6 Å². The maximum Gasteiger partial charge on any atom is 0.305 e. The lowest BCUT2D eigenvalue weighted by molar-refractivity contribution is -0.137. The summed E-state index contributed by atoms with van der Waals surface area (Å²) in [5, 5.41) is 12.9. The van der Waals surface area contributed by atoms with Crippen molar-refractivity contribution in [1.82, 2.24) is 10.3 Å². The molecule has 0 radical (unpaired) electrons. The summed E-state index contributed by atoms with van der Waals surface area (Å²) >= 11 is 0. The third-order valence-electron chi connectivity index (χ3n) is 4.07. The number of aliphatic carboxylic acids is 1. The van der Waals surface area contributed by atoms with Crippen molar-refractivity contribution >= 4 is 22.8 Å². The van der Waals surface area contributed by atoms with Crippen LogP contribution in [0.15, 0.2) is 60.8 Å². The summed E-state index contributed by atoms with van der Waals surface area (Å²) in [7, 11) is 1.55. The number of nitrogens with one attached hydrogen (secondary N) is 1. The maximum absolute atomic E-state index is 12.6. The fourth-order valence-electron chi connectivity index (χ4n) is 2.71. The van der Waals surface area contributed by atoms with Crippen LogP contribution >= 0.6 is 0 Å². The van der Waals surface area contributed by atoms with E-state index in [1.807, 2.05) is 18.2 Å². The van der Waals surface area contributed by atoms with Gasteiger partial charge in [-0.1, -0.05) is 24.3 Å². The van der Waals surface area contributed by atoms with E-state index in [-0.39, 0.29) is 12.3 Å². The van der Waals surface area contributed by atoms with Crippen molar-refractivity contribution in [2.75, 3.05) is 7.11 Å². The minimum Gasteiger partial charge on any atom is -0.497 e. The van der Waals surface area contributed by atoms with Crippen LogP contribution in [0.3, 0.4) is 0 Å². The molecule has 6 nitrogen and oxygen atoms in total. The quantitative estimate of drug-likeness (QED) is 0.713. The van der Waals surface area contributed by atoms with Crippen molar-refractivity contribution in [2.24, 2.45) is 0 Å². The summed E-state index contributed by atoms with van der Waals surface area (Å²) < 4.78 is 5.11. The van der Waals surface area contributed by atoms with Gasteiger partial charge < -0.3 is 15.2 Å². The summed E-state index contributed by atoms with van der Waals surface area (Å²) in [6, 6.07) is 15.3. The van der Waals surface area contributed by atoms with Gasteiger partial charge in [0.15, 0.2) is 0 Å². The molecule has 1 amide bonds. The minimum absolute atomic E-state index is 0.218. The molecule has 0 aliphatic rings. The Bertz CT molecular complexity index is 938. The number of amides is 1. The van der Waals surface area contributed by atoms with E-state index in [2.05, 4.69) is 10.3 Å². The molecule has 0 spiro atoms. The molecule has 0 saturated carbocycles. The number of carbonyl (C=O) groups excluding carboxylic acids is 1. The van der Waals surface area contributed by atoms with Crippen molar-refractivity contribution < 1.29 is 19.4 Å². The fraction of sp³-hybridized carbons (Fsp3) is 0.150. The lowest BCUT2D eigenvalue weighted by Gasteiger charge is -2.18. The van der Waals surface area contributed by atoms with Crippen LogP contribution in [0.5, 0.6) is 5.75 Å². The Morgan fingerprint density at radius 1 is 1.15 bits per heavy atom. The van der Waals surface area contributed by atoms with Crippen LogP contribution in [0.4, 0.5) is 0 Å². The number of hydrogen-bond donors (Lipinski definition) is 2. The Morgan fingerprint density at radius 3 is 2.62 bits per heavy atom. The average molecular weight is 350 g/mol. The predicted molar refractivity (Wildman–Crippen MR) is 97.2 cm³/mol. The molecule has 2 N–H and O–H groups in total. The Morgan fingerprint density at radius 2 is 1.92 bits per heavy atom. The van der Waals surface area contributed by atoms with E-state index in [0.29, 0.717) is 22.4 Å². The number of carboxylic acids is 1. The summed E-state index contributed by atoms with van der Waals surface area (Å²) in [5.41, 5.74) is 1.83. The van der Waals surface area contributed by atoms with E-state index in [1.54, 1.807) is 49.7 Å². The molecule has 0 saturated heterocycles. The van der Waals surface area contributed by atoms with Gasteiger partial charge in [0.05, 0.1) is 25.1 Å². The first-order chi connectivity index (χ1) is 12.6. The highest BCUT2D eigenvalue weighted by Gasteiger charge is 2.19. The number of rotatable bonds is 6. The van der Waals surface area contributed by atoms with Gasteiger partial charge in [-0.25, -0.2) is 0 Å². The minimum atomic E-state index is -0.994. The molecule has 1 unspecified atom stereocenters. The van der Waals surface area contributed by atoms with Crippen LogP contribution in [-0.2, 0) is 4.79 Å². The van der Waals surface area contributed by atoms with Crippen molar-refractivity contribution in [3.63, 3.8) is 0 Å². The van der Waals surface area contributed by atoms with E-state index < -0.39 is 12.0 Å². The average Bonchev–Trinajstić information content (AvgIpc) is 2.66. The second-order valence-electron chi connectivity index (χ2n) is 5.81. The number of carbonyl (C=O) groups is 2. The van der Waals surface area contributed by atoms with Crippen LogP contribution in [0.2, 0.25) is 0 Å². The second-order valence-corrected chi connectivity index (χ2v) is 5.81. The third kappa shape index (κ3) is 3.97. The zero-order chi connectivity index (χ0) is 18.5. The van der Waals surface area contributed by atoms with Gasteiger partial charge in [-0.05, 0) is 35.9 Å². The molecule has 1 heterocycles. The highest BCUT2D eigenvalue weighted by atomic mass is 16.5. The van der Waals surface area contributed by atoms with Crippen LogP contribution in [0.25, 0.3) is 10.9 Å². The van der Waals surface area contributed by atoms with E-state index in [4.69, 9.17) is 4.74 Å². The standard InChI is InChI=1S/C20H18N2O4/c1-26-16-8-6-14(7-9-16)18(12-19(23)24)22-20(25)15-5-4-13-3-2-10-21-17(13)11-15/h2-11,18H,12H2,1H3,(H,22,25)(H,23,24). The van der Waals surface area contributed by atoms with Crippen LogP contribution < -0.4 is 10.1 Å². The van der Waals surface area contributed by atoms with Gasteiger partial charge >= 0.3 is 5.97 Å². The molecule has 132 valence electrons. The van der Waals surface area contributed by atoms with Crippen LogP contribution in [0, 0.1) is 0 Å². The molecule has 1 aromatic heterocycles. The van der Waals surface area contributed by atoms with Gasteiger partial charge in [0.25, 0.3) is 5.91 Å². The number of ether oxygens (including phenoxy) is 1. The number of aromatic nitrogens is 1. The van der Waals surface area contributed by atoms with Crippen LogP contribution in [0.1, 0.15) is 28.4 Å². The number of pyridine rings is 1. The van der Waals surface area contributed by atoms with Gasteiger partial charge in [0, 0.05) is 17.1 Å². The molecule has 3 aromatic rings. The van der Waals surface area contributed by atoms with Gasteiger partial charge in [-0.2, -0.15) is 0 Å². The summed E-state index contributed by atoms with van der Waals surface area (Å²) in [6.45, 7) is 0. The highest BCUT2D eigenvalue weighted by molar-refractivity contribution is 5.98. The van der Waals surface area contributed by atoms with E-state index in [0.717, 1.165) is 5.39 Å². The van der Waals surface area contributed by atoms with Gasteiger partial charge in [0.1, 0.15) is 5.75 Å². The molecule has 0 aliphatic carbocycles. The van der Waals surface area contributed by atoms with Gasteiger partial charge in [0.2, 0.25) is 0 Å². The number of hydrogen-bond acceptors (Lipinski definition) is 4. The predicted octanol–water partition coefficient (Wildman–Crippen LogP) is 3.19. The first kappa shape index (κ1) is 17.4. The first-order valence-electron chi connectivity index (χ1n) is 8.08. The highest BCUT2D eigenvalue weighted by Crippen LogP contribution is 2.21. The molecule has 26 heavy (non-hydrogen) atoms. The Balaban J connectivity index is 1.84. The number of methoxy groups -OCH3 is 1. The zero-order valence-corrected chi connectivity index (χ0v) is 14.2. The molecular formula is C20H18N2O4. The Kier molecular flexibility index (Phi) is 5.12. The molecular weight excluding hydrogens is 332 g/mol. The Labute approximate surface area is 150 Å². The Hall–Kier alpha value is -3.41. The molecule has 6 heteroatoms. The lowest BCUT2D eigenvalue weighted by Crippen LogP contribution is -2.30. The van der Waals surface area contributed by atoms with E-state index in [9.17, 15) is 14.7 Å². The number of nitrogens with zero attached hydrogens (tertiary/aromatic N) is 1. The normalized spacial score (nSPS) is 11.7. The maximum atomic E-state index is 12.6. The monoisotopic (exact) mass is 350 g/mol. The SMILES string of the molecule is COc1ccc(C(CC(=O)O)NC(=O)c2ccc3cccnc3c2)cc1. The zero-order valence-electron chi connectivity index (χ0n) is 14.2. The summed E-state index contributed by atoms with van der Waals surface area (Å²) in [6.07, 6.45) is 1.44. The number of benzene rings is 2. The van der Waals surface area contributed by atoms with Crippen LogP contribution in [-0.4, -0.2) is 29.1 Å². The van der Waals surface area contributed by atoms with Crippen molar-refractivity contribution in [3.8, 4) is 5.75 Å². The summed E-state index contributed by atoms with van der Waals surface area (Å²) in [4.78, 5) is 28.1. The van der Waals surface area contributed by atoms with Crippen molar-refractivity contribution in [3.05, 3.63) is 71.9 Å². The first-order valence-corrected chi connectivity index (χ1v) is 8.08. The largest absolute Gasteiger partial charge is 0.497 e. The number of fused-ring (bicyclic) bond motifs is 1. The molecule has 0 bridgehead atoms. The third-order valence-corrected chi connectivity index (χ3v) is 4.07. The topological polar surface area (TPSA) is 88.5 Å². The molecule has 3 rings (SSSR count). The van der Waals surface area contributed by atoms with Crippen molar-refractivity contribution in [1.29, 1.82) is 0 Å². The fourth-order valence-corrected chi connectivity index (χ4v) is 2.71. The van der Waals surface area contributed by atoms with E-state index >= 15 is 0 Å². The van der Waals surface area contributed by atoms with E-state index in [1.165, 1.54) is 0 Å². The molecule has 0 aliphatic heterocycles. The van der Waals surface area contributed by atoms with Gasteiger partial charge in [-0.15, -0.1) is 0 Å². The molecule has 1 atom stereocenters. The smallest absolute Gasteiger partial charge is 0.305 e. The van der Waals surface area contributed by atoms with Crippen molar-refractivity contribution in [2.45, 2.75) is 12.5 Å². The lowest BCUT2D eigenvalue weighted by atomic mass is 10.0. The second kappa shape index (κ2) is 7.65.